The van der Waals surface area contributed by atoms with Crippen LogP contribution in [-0.2, 0) is 11.2 Å². The molecule has 0 radical (unpaired) electrons. The van der Waals surface area contributed by atoms with Gasteiger partial charge >= 0.3 is 0 Å². The summed E-state index contributed by atoms with van der Waals surface area (Å²) in [6, 6.07) is 9.70. The summed E-state index contributed by atoms with van der Waals surface area (Å²) in [6.07, 6.45) is 0.553. The fourth-order valence-corrected chi connectivity index (χ4v) is 1.29. The first-order valence-corrected chi connectivity index (χ1v) is 4.68. The summed E-state index contributed by atoms with van der Waals surface area (Å²) in [4.78, 5) is 10.8. The number of allylic oxidation sites excluding steroid dienone is 1. The van der Waals surface area contributed by atoms with Crippen molar-refractivity contribution in [1.82, 2.24) is 0 Å². The summed E-state index contributed by atoms with van der Waals surface area (Å²) in [5.74, 6) is -0.467. The zero-order valence-corrected chi connectivity index (χ0v) is 8.71. The first-order valence-electron chi connectivity index (χ1n) is 4.30. The van der Waals surface area contributed by atoms with Gasteiger partial charge in [0.15, 0.2) is 0 Å². The first-order chi connectivity index (χ1) is 6.61. The van der Waals surface area contributed by atoms with Crippen LogP contribution in [0.2, 0.25) is 0 Å². The Morgan fingerprint density at radius 3 is 2.43 bits per heavy atom. The Hall–Kier alpha value is -1.28. The average molecular weight is 210 g/mol. The zero-order chi connectivity index (χ0) is 10.6. The summed E-state index contributed by atoms with van der Waals surface area (Å²) in [5, 5.41) is 0.503. The van der Waals surface area contributed by atoms with E-state index < -0.39 is 5.91 Å². The van der Waals surface area contributed by atoms with E-state index in [0.29, 0.717) is 17.0 Å². The van der Waals surface area contributed by atoms with E-state index in [9.17, 15) is 4.79 Å². The molecule has 1 rings (SSSR count). The molecule has 3 heteroatoms. The number of carbonyl (C=O) groups excluding carboxylic acids is 1. The number of benzene rings is 1. The summed E-state index contributed by atoms with van der Waals surface area (Å²) < 4.78 is 0. The first kappa shape index (κ1) is 10.8. The van der Waals surface area contributed by atoms with Gasteiger partial charge < -0.3 is 5.73 Å². The molecular weight excluding hydrogens is 198 g/mol. The third-order valence-corrected chi connectivity index (χ3v) is 2.40. The standard InChI is InChI=1S/C11H12ClNO/c1-8(11(13)14)10(12)7-9-5-3-2-4-6-9/h2-6H,7H2,1H3,(H2,13,14)/b10-8+. The van der Waals surface area contributed by atoms with E-state index in [1.54, 1.807) is 6.92 Å². The molecule has 0 atom stereocenters. The molecule has 0 aliphatic heterocycles. The summed E-state index contributed by atoms with van der Waals surface area (Å²) in [6.45, 7) is 1.63. The van der Waals surface area contributed by atoms with Gasteiger partial charge in [0, 0.05) is 17.0 Å². The van der Waals surface area contributed by atoms with Gasteiger partial charge in [0.2, 0.25) is 5.91 Å². The Labute approximate surface area is 88.4 Å². The molecule has 0 fully saturated rings. The van der Waals surface area contributed by atoms with Crippen LogP contribution >= 0.6 is 11.6 Å². The Balaban J connectivity index is 2.80. The number of halogens is 1. The highest BCUT2D eigenvalue weighted by molar-refractivity contribution is 6.31. The molecule has 2 nitrogen and oxygen atoms in total. The van der Waals surface area contributed by atoms with Crippen LogP contribution in [0.3, 0.4) is 0 Å². The van der Waals surface area contributed by atoms with Gasteiger partial charge in [-0.1, -0.05) is 41.9 Å². The van der Waals surface area contributed by atoms with Crippen LogP contribution in [0.1, 0.15) is 12.5 Å². The molecule has 0 unspecified atom stereocenters. The molecule has 0 heterocycles. The van der Waals surface area contributed by atoms with Gasteiger partial charge in [-0.25, -0.2) is 0 Å². The van der Waals surface area contributed by atoms with Gasteiger partial charge in [0.1, 0.15) is 0 Å². The predicted octanol–water partition coefficient (Wildman–Crippen LogP) is 2.23. The number of primary amides is 1. The number of carbonyl (C=O) groups is 1. The van der Waals surface area contributed by atoms with Crippen LogP contribution < -0.4 is 5.73 Å². The van der Waals surface area contributed by atoms with Crippen molar-refractivity contribution in [2.45, 2.75) is 13.3 Å². The van der Waals surface area contributed by atoms with Crippen molar-refractivity contribution in [2.75, 3.05) is 0 Å². The lowest BCUT2D eigenvalue weighted by molar-refractivity contribution is -0.114. The van der Waals surface area contributed by atoms with Gasteiger partial charge in [-0.2, -0.15) is 0 Å². The maximum atomic E-state index is 10.8. The van der Waals surface area contributed by atoms with Gasteiger partial charge in [-0.15, -0.1) is 0 Å². The third-order valence-electron chi connectivity index (χ3n) is 1.98. The van der Waals surface area contributed by atoms with Crippen LogP contribution in [0.25, 0.3) is 0 Å². The normalized spacial score (nSPS) is 12.1. The van der Waals surface area contributed by atoms with E-state index in [4.69, 9.17) is 17.3 Å². The van der Waals surface area contributed by atoms with Crippen LogP contribution in [0.5, 0.6) is 0 Å². The summed E-state index contributed by atoms with van der Waals surface area (Å²) in [7, 11) is 0. The fourth-order valence-electron chi connectivity index (χ4n) is 1.04. The summed E-state index contributed by atoms with van der Waals surface area (Å²) in [5.41, 5.74) is 6.60. The lowest BCUT2D eigenvalue weighted by atomic mass is 10.1. The van der Waals surface area contributed by atoms with Crippen LogP contribution in [0.15, 0.2) is 40.9 Å². The molecule has 14 heavy (non-hydrogen) atoms. The second kappa shape index (κ2) is 4.82. The maximum Gasteiger partial charge on any atom is 0.245 e. The predicted molar refractivity (Wildman–Crippen MR) is 57.9 cm³/mol. The van der Waals surface area contributed by atoms with Crippen LogP contribution in [0, 0.1) is 0 Å². The molecule has 2 N–H and O–H groups in total. The van der Waals surface area contributed by atoms with E-state index >= 15 is 0 Å². The van der Waals surface area contributed by atoms with Crippen molar-refractivity contribution in [3.8, 4) is 0 Å². The Bertz CT molecular complexity index is 357. The minimum atomic E-state index is -0.467. The number of amides is 1. The molecule has 0 saturated carbocycles. The monoisotopic (exact) mass is 209 g/mol. The van der Waals surface area contributed by atoms with Crippen molar-refractivity contribution in [3.63, 3.8) is 0 Å². The largest absolute Gasteiger partial charge is 0.366 e. The van der Waals surface area contributed by atoms with E-state index in [0.717, 1.165) is 5.56 Å². The van der Waals surface area contributed by atoms with Crippen LogP contribution in [0.4, 0.5) is 0 Å². The molecule has 0 bridgehead atoms. The van der Waals surface area contributed by atoms with Crippen molar-refractivity contribution in [1.29, 1.82) is 0 Å². The van der Waals surface area contributed by atoms with Gasteiger partial charge in [0.25, 0.3) is 0 Å². The number of hydrogen-bond acceptors (Lipinski definition) is 1. The van der Waals surface area contributed by atoms with Gasteiger partial charge in [-0.3, -0.25) is 4.79 Å². The maximum absolute atomic E-state index is 10.8. The highest BCUT2D eigenvalue weighted by Gasteiger charge is 2.05. The number of rotatable bonds is 3. The van der Waals surface area contributed by atoms with Crippen molar-refractivity contribution in [2.24, 2.45) is 5.73 Å². The van der Waals surface area contributed by atoms with Crippen molar-refractivity contribution >= 4 is 17.5 Å². The quantitative estimate of drug-likeness (QED) is 0.763. The van der Waals surface area contributed by atoms with Gasteiger partial charge in [-0.05, 0) is 12.5 Å². The smallest absolute Gasteiger partial charge is 0.245 e. The molecule has 1 aromatic rings. The summed E-state index contributed by atoms with van der Waals surface area (Å²) >= 11 is 5.94. The molecule has 0 aliphatic carbocycles. The molecule has 74 valence electrons. The van der Waals surface area contributed by atoms with E-state index in [1.807, 2.05) is 30.3 Å². The van der Waals surface area contributed by atoms with Crippen molar-refractivity contribution < 1.29 is 4.79 Å². The van der Waals surface area contributed by atoms with E-state index in [1.165, 1.54) is 0 Å². The molecule has 0 aromatic heterocycles. The zero-order valence-electron chi connectivity index (χ0n) is 7.96. The molecule has 1 aromatic carbocycles. The second-order valence-corrected chi connectivity index (χ2v) is 3.51. The van der Waals surface area contributed by atoms with E-state index in [2.05, 4.69) is 0 Å². The van der Waals surface area contributed by atoms with Crippen molar-refractivity contribution in [3.05, 3.63) is 46.5 Å². The highest BCUT2D eigenvalue weighted by Crippen LogP contribution is 2.15. The van der Waals surface area contributed by atoms with Gasteiger partial charge in [0.05, 0.1) is 0 Å². The number of nitrogens with two attached hydrogens (primary N) is 1. The Kier molecular flexibility index (Phi) is 3.72. The Morgan fingerprint density at radius 1 is 1.36 bits per heavy atom. The second-order valence-electron chi connectivity index (χ2n) is 3.06. The number of hydrogen-bond donors (Lipinski definition) is 1. The lowest BCUT2D eigenvalue weighted by Gasteiger charge is -2.02. The van der Waals surface area contributed by atoms with Crippen LogP contribution in [-0.4, -0.2) is 5.91 Å². The van der Waals surface area contributed by atoms with E-state index in [-0.39, 0.29) is 0 Å². The minimum absolute atomic E-state index is 0.426. The topological polar surface area (TPSA) is 43.1 Å². The Morgan fingerprint density at radius 2 is 1.93 bits per heavy atom. The lowest BCUT2D eigenvalue weighted by Crippen LogP contribution is -2.13. The molecule has 0 spiro atoms. The molecular formula is C11H12ClNO. The molecule has 0 saturated heterocycles. The SMILES string of the molecule is C/C(C(N)=O)=C(\Cl)Cc1ccccc1. The molecule has 1 amide bonds. The highest BCUT2D eigenvalue weighted by atomic mass is 35.5. The molecule has 0 aliphatic rings. The fraction of sp³-hybridized carbons (Fsp3) is 0.182. The minimum Gasteiger partial charge on any atom is -0.366 e. The third kappa shape index (κ3) is 2.89. The average Bonchev–Trinajstić information content (AvgIpc) is 2.18.